The van der Waals surface area contributed by atoms with E-state index in [1.807, 2.05) is 23.1 Å². The van der Waals surface area contributed by atoms with E-state index >= 15 is 0 Å². The number of anilines is 1. The van der Waals surface area contributed by atoms with Crippen molar-refractivity contribution in [2.24, 2.45) is 0 Å². The highest BCUT2D eigenvalue weighted by Crippen LogP contribution is 2.30. The van der Waals surface area contributed by atoms with Gasteiger partial charge in [0, 0.05) is 57.3 Å². The maximum Gasteiger partial charge on any atom is 0.293 e. The van der Waals surface area contributed by atoms with Crippen LogP contribution in [-0.2, 0) is 11.2 Å². The third-order valence-electron chi connectivity index (χ3n) is 6.64. The number of benzene rings is 2. The van der Waals surface area contributed by atoms with Crippen molar-refractivity contribution in [2.45, 2.75) is 33.2 Å². The second-order valence-electron chi connectivity index (χ2n) is 8.73. The Morgan fingerprint density at radius 2 is 1.71 bits per heavy atom. The summed E-state index contributed by atoms with van der Waals surface area (Å²) < 4.78 is 0. The SMILES string of the molecule is CCN(CC)C(CNC(=O)c1ccc(N2CCN(C(C)=O)CC2)c([N+](=O)[O-])c1)Cc1ccccc1. The summed E-state index contributed by atoms with van der Waals surface area (Å²) in [5, 5.41) is 14.8. The maximum atomic E-state index is 13.0. The molecule has 0 spiro atoms. The molecule has 0 aliphatic carbocycles. The fourth-order valence-corrected chi connectivity index (χ4v) is 4.61. The van der Waals surface area contributed by atoms with Crippen molar-refractivity contribution in [1.82, 2.24) is 15.1 Å². The first-order valence-electron chi connectivity index (χ1n) is 12.2. The molecular weight excluding hydrogens is 446 g/mol. The number of hydrogen-bond acceptors (Lipinski definition) is 6. The molecule has 2 amide bonds. The van der Waals surface area contributed by atoms with Crippen LogP contribution < -0.4 is 10.2 Å². The smallest absolute Gasteiger partial charge is 0.293 e. The van der Waals surface area contributed by atoms with Crippen molar-refractivity contribution >= 4 is 23.2 Å². The van der Waals surface area contributed by atoms with Gasteiger partial charge in [-0.15, -0.1) is 0 Å². The number of amides is 2. The van der Waals surface area contributed by atoms with Gasteiger partial charge in [-0.25, -0.2) is 0 Å². The van der Waals surface area contributed by atoms with Crippen molar-refractivity contribution < 1.29 is 14.5 Å². The molecule has 0 saturated carbocycles. The fraction of sp³-hybridized carbons (Fsp3) is 0.462. The van der Waals surface area contributed by atoms with Crippen LogP contribution in [0.4, 0.5) is 11.4 Å². The van der Waals surface area contributed by atoms with Gasteiger partial charge in [0.1, 0.15) is 5.69 Å². The quantitative estimate of drug-likeness (QED) is 0.414. The number of nitrogens with zero attached hydrogens (tertiary/aromatic N) is 4. The highest BCUT2D eigenvalue weighted by Gasteiger charge is 2.26. The first kappa shape index (κ1) is 26.2. The predicted octanol–water partition coefficient (Wildman–Crippen LogP) is 2.95. The minimum absolute atomic E-state index is 0.00134. The summed E-state index contributed by atoms with van der Waals surface area (Å²) in [6.45, 7) is 9.94. The van der Waals surface area contributed by atoms with Gasteiger partial charge in [0.05, 0.1) is 4.92 Å². The average molecular weight is 482 g/mol. The zero-order chi connectivity index (χ0) is 25.4. The van der Waals surface area contributed by atoms with Gasteiger partial charge in [0.15, 0.2) is 0 Å². The van der Waals surface area contributed by atoms with Gasteiger partial charge in [-0.2, -0.15) is 0 Å². The maximum absolute atomic E-state index is 13.0. The van der Waals surface area contributed by atoms with Crippen LogP contribution in [0, 0.1) is 10.1 Å². The molecule has 2 aromatic carbocycles. The molecule has 1 aliphatic heterocycles. The molecule has 1 unspecified atom stereocenters. The van der Waals surface area contributed by atoms with Crippen LogP contribution in [0.2, 0.25) is 0 Å². The molecule has 1 saturated heterocycles. The lowest BCUT2D eigenvalue weighted by Crippen LogP contribution is -2.48. The number of carbonyl (C=O) groups excluding carboxylic acids is 2. The van der Waals surface area contributed by atoms with Gasteiger partial charge >= 0.3 is 0 Å². The number of rotatable bonds is 10. The first-order chi connectivity index (χ1) is 16.8. The molecule has 0 radical (unpaired) electrons. The van der Waals surface area contributed by atoms with Crippen LogP contribution in [0.1, 0.15) is 36.7 Å². The third kappa shape index (κ3) is 6.79. The third-order valence-corrected chi connectivity index (χ3v) is 6.64. The van der Waals surface area contributed by atoms with E-state index in [4.69, 9.17) is 0 Å². The molecule has 188 valence electrons. The fourth-order valence-electron chi connectivity index (χ4n) is 4.61. The summed E-state index contributed by atoms with van der Waals surface area (Å²) in [6.07, 6.45) is 0.800. The van der Waals surface area contributed by atoms with Gasteiger partial charge in [0.2, 0.25) is 5.91 Å². The molecule has 1 aliphatic rings. The van der Waals surface area contributed by atoms with Crippen LogP contribution in [-0.4, -0.2) is 78.4 Å². The number of carbonyl (C=O) groups is 2. The lowest BCUT2D eigenvalue weighted by Gasteiger charge is -2.35. The molecule has 0 aromatic heterocycles. The Kier molecular flexibility index (Phi) is 9.19. The van der Waals surface area contributed by atoms with E-state index < -0.39 is 4.92 Å². The van der Waals surface area contributed by atoms with Gasteiger partial charge < -0.3 is 15.1 Å². The van der Waals surface area contributed by atoms with Crippen LogP contribution in [0.5, 0.6) is 0 Å². The van der Waals surface area contributed by atoms with Crippen LogP contribution in [0.25, 0.3) is 0 Å². The van der Waals surface area contributed by atoms with Gasteiger partial charge in [-0.3, -0.25) is 24.6 Å². The molecule has 9 nitrogen and oxygen atoms in total. The van der Waals surface area contributed by atoms with E-state index in [9.17, 15) is 19.7 Å². The molecule has 1 fully saturated rings. The summed E-state index contributed by atoms with van der Waals surface area (Å²) in [7, 11) is 0. The van der Waals surface area contributed by atoms with E-state index in [1.54, 1.807) is 17.0 Å². The van der Waals surface area contributed by atoms with Crippen molar-refractivity contribution in [3.05, 3.63) is 69.8 Å². The van der Waals surface area contributed by atoms with Crippen LogP contribution in [0.15, 0.2) is 48.5 Å². The second kappa shape index (κ2) is 12.3. The molecule has 1 atom stereocenters. The van der Waals surface area contributed by atoms with Crippen LogP contribution >= 0.6 is 0 Å². The molecule has 1 N–H and O–H groups in total. The number of hydrogen-bond donors (Lipinski definition) is 1. The Balaban J connectivity index is 1.71. The first-order valence-corrected chi connectivity index (χ1v) is 12.2. The summed E-state index contributed by atoms with van der Waals surface area (Å²) in [6, 6.07) is 14.9. The minimum Gasteiger partial charge on any atom is -0.362 e. The number of likely N-dealkylation sites (N-methyl/N-ethyl adjacent to an activating group) is 1. The van der Waals surface area contributed by atoms with Gasteiger partial charge in [-0.1, -0.05) is 44.2 Å². The zero-order valence-corrected chi connectivity index (χ0v) is 20.8. The molecule has 9 heteroatoms. The van der Waals surface area contributed by atoms with Crippen molar-refractivity contribution in [1.29, 1.82) is 0 Å². The molecule has 1 heterocycles. The lowest BCUT2D eigenvalue weighted by atomic mass is 10.0. The molecular formula is C26H35N5O4. The summed E-state index contributed by atoms with van der Waals surface area (Å²) in [4.78, 5) is 41.9. The van der Waals surface area contributed by atoms with Crippen molar-refractivity contribution in [2.75, 3.05) is 50.7 Å². The zero-order valence-electron chi connectivity index (χ0n) is 20.8. The normalized spacial score (nSPS) is 14.6. The van der Waals surface area contributed by atoms with E-state index in [1.165, 1.54) is 18.6 Å². The Morgan fingerprint density at radius 1 is 1.06 bits per heavy atom. The summed E-state index contributed by atoms with van der Waals surface area (Å²) >= 11 is 0. The highest BCUT2D eigenvalue weighted by molar-refractivity contribution is 5.95. The largest absolute Gasteiger partial charge is 0.362 e. The number of nitro groups is 1. The van der Waals surface area contributed by atoms with Crippen molar-refractivity contribution in [3.63, 3.8) is 0 Å². The second-order valence-corrected chi connectivity index (χ2v) is 8.73. The Labute approximate surface area is 206 Å². The number of piperazine rings is 1. The molecule has 2 aromatic rings. The summed E-state index contributed by atoms with van der Waals surface area (Å²) in [5.74, 6) is -0.326. The molecule has 3 rings (SSSR count). The van der Waals surface area contributed by atoms with Crippen molar-refractivity contribution in [3.8, 4) is 0 Å². The monoisotopic (exact) mass is 481 g/mol. The van der Waals surface area contributed by atoms with E-state index in [0.29, 0.717) is 38.4 Å². The lowest BCUT2D eigenvalue weighted by molar-refractivity contribution is -0.384. The van der Waals surface area contributed by atoms with Gasteiger partial charge in [0.25, 0.3) is 11.6 Å². The summed E-state index contributed by atoms with van der Waals surface area (Å²) in [5.41, 5.74) is 1.84. The van der Waals surface area contributed by atoms with Crippen LogP contribution in [0.3, 0.4) is 0 Å². The number of nitrogens with one attached hydrogen (secondary N) is 1. The van der Waals surface area contributed by atoms with Gasteiger partial charge in [-0.05, 0) is 37.2 Å². The Morgan fingerprint density at radius 3 is 2.29 bits per heavy atom. The topological polar surface area (TPSA) is 99.0 Å². The molecule has 35 heavy (non-hydrogen) atoms. The Bertz CT molecular complexity index is 1020. The molecule has 0 bridgehead atoms. The Hall–Kier alpha value is -3.46. The highest BCUT2D eigenvalue weighted by atomic mass is 16.6. The van der Waals surface area contributed by atoms with E-state index in [-0.39, 0.29) is 29.1 Å². The van der Waals surface area contributed by atoms with E-state index in [0.717, 1.165) is 19.5 Å². The predicted molar refractivity (Wildman–Crippen MR) is 137 cm³/mol. The number of nitro benzene ring substituents is 1. The average Bonchev–Trinajstić information content (AvgIpc) is 2.87. The minimum atomic E-state index is -0.447. The standard InChI is InChI=1S/C26H35N5O4/c1-4-28(5-2)23(17-21-9-7-6-8-10-21)19-27-26(33)22-11-12-24(25(18-22)31(34)35)30-15-13-29(14-16-30)20(3)32/h6-12,18,23H,4-5,13-17,19H2,1-3H3,(H,27,33). The van der Waals surface area contributed by atoms with E-state index in [2.05, 4.69) is 36.2 Å².